The van der Waals surface area contributed by atoms with Crippen LogP contribution in [0.4, 0.5) is 5.69 Å². The summed E-state index contributed by atoms with van der Waals surface area (Å²) in [6.45, 7) is 0.435. The van der Waals surface area contributed by atoms with E-state index in [-0.39, 0.29) is 24.0 Å². The molecule has 0 fully saturated rings. The summed E-state index contributed by atoms with van der Waals surface area (Å²) < 4.78 is 31.3. The zero-order chi connectivity index (χ0) is 18.3. The summed E-state index contributed by atoms with van der Waals surface area (Å²) in [4.78, 5) is 12.3. The Kier molecular flexibility index (Phi) is 6.25. The second-order valence-corrected chi connectivity index (χ2v) is 6.83. The van der Waals surface area contributed by atoms with Crippen molar-refractivity contribution in [2.75, 3.05) is 25.6 Å². The molecule has 7 nitrogen and oxygen atoms in total. The minimum absolute atomic E-state index is 0.0681. The third-order valence-corrected chi connectivity index (χ3v) is 4.77. The molecule has 0 heterocycles. The molecule has 1 amide bonds. The number of nitrogens with zero attached hydrogens (tertiary/aromatic N) is 1. The monoisotopic (exact) mass is 359 g/mol. The molecule has 2 rings (SSSR count). The Morgan fingerprint density at radius 2 is 1.76 bits per heavy atom. The van der Waals surface area contributed by atoms with Gasteiger partial charge in [-0.25, -0.2) is 13.1 Å². The molecule has 2 N–H and O–H groups in total. The van der Waals surface area contributed by atoms with Crippen molar-refractivity contribution >= 4 is 21.6 Å². The zero-order valence-electron chi connectivity index (χ0n) is 13.5. The number of amides is 1. The average molecular weight is 359 g/mol. The van der Waals surface area contributed by atoms with E-state index in [2.05, 4.69) is 10.0 Å². The molecular formula is C17H17N3O4S. The molecule has 0 bridgehead atoms. The number of anilines is 1. The van der Waals surface area contributed by atoms with Crippen molar-refractivity contribution in [1.29, 1.82) is 5.26 Å². The number of nitrogens with one attached hydrogen (secondary N) is 2. The molecule has 0 aliphatic rings. The van der Waals surface area contributed by atoms with E-state index in [4.69, 9.17) is 10.00 Å². The number of hydrogen-bond donors (Lipinski definition) is 2. The van der Waals surface area contributed by atoms with Gasteiger partial charge in [-0.3, -0.25) is 4.79 Å². The maximum atomic E-state index is 12.2. The van der Waals surface area contributed by atoms with Crippen LogP contribution >= 0.6 is 0 Å². The molecule has 0 aromatic heterocycles. The Hall–Kier alpha value is -2.73. The second-order valence-electron chi connectivity index (χ2n) is 5.06. The molecule has 0 aliphatic carbocycles. The lowest BCUT2D eigenvalue weighted by Gasteiger charge is -2.08. The molecule has 0 radical (unpaired) electrons. The third-order valence-electron chi connectivity index (χ3n) is 3.30. The van der Waals surface area contributed by atoms with E-state index in [1.54, 1.807) is 24.3 Å². The third kappa shape index (κ3) is 5.12. The lowest BCUT2D eigenvalue weighted by atomic mass is 10.2. The number of benzene rings is 2. The Morgan fingerprint density at radius 1 is 1.12 bits per heavy atom. The van der Waals surface area contributed by atoms with Gasteiger partial charge in [-0.15, -0.1) is 0 Å². The first-order chi connectivity index (χ1) is 12.0. The number of carbonyl (C=O) groups excluding carboxylic acids is 1. The summed E-state index contributed by atoms with van der Waals surface area (Å²) in [6, 6.07) is 14.0. The maximum absolute atomic E-state index is 12.2. The van der Waals surface area contributed by atoms with Crippen molar-refractivity contribution in [3.8, 4) is 6.07 Å². The van der Waals surface area contributed by atoms with Crippen molar-refractivity contribution in [1.82, 2.24) is 4.72 Å². The molecular weight excluding hydrogens is 342 g/mol. The highest BCUT2D eigenvalue weighted by Crippen LogP contribution is 2.14. The van der Waals surface area contributed by atoms with E-state index in [9.17, 15) is 13.2 Å². The van der Waals surface area contributed by atoms with Gasteiger partial charge in [0, 0.05) is 24.9 Å². The van der Waals surface area contributed by atoms with Crippen LogP contribution in [-0.4, -0.2) is 34.6 Å². The molecule has 0 unspecified atom stereocenters. The van der Waals surface area contributed by atoms with Gasteiger partial charge >= 0.3 is 0 Å². The van der Waals surface area contributed by atoms with E-state index in [1.807, 2.05) is 6.07 Å². The van der Waals surface area contributed by atoms with Gasteiger partial charge in [-0.1, -0.05) is 0 Å². The fraction of sp³-hybridized carbons (Fsp3) is 0.176. The van der Waals surface area contributed by atoms with Crippen LogP contribution < -0.4 is 10.0 Å². The van der Waals surface area contributed by atoms with Crippen LogP contribution in [0.15, 0.2) is 53.4 Å². The second kappa shape index (κ2) is 8.39. The number of sulfonamides is 1. The van der Waals surface area contributed by atoms with Gasteiger partial charge in [-0.2, -0.15) is 5.26 Å². The molecule has 0 spiro atoms. The van der Waals surface area contributed by atoms with Gasteiger partial charge in [0.25, 0.3) is 5.91 Å². The van der Waals surface area contributed by atoms with E-state index in [0.717, 1.165) is 0 Å². The summed E-state index contributed by atoms with van der Waals surface area (Å²) >= 11 is 0. The van der Waals surface area contributed by atoms with Gasteiger partial charge < -0.3 is 10.1 Å². The van der Waals surface area contributed by atoms with Crippen molar-refractivity contribution < 1.29 is 17.9 Å². The standard InChI is InChI=1S/C17H17N3O4S/c1-24-11-10-19-25(22,23)16-8-4-14(5-9-16)17(21)20-15-6-2-13(12-18)3-7-15/h2-9,19H,10-11H2,1H3,(H,20,21). The highest BCUT2D eigenvalue weighted by molar-refractivity contribution is 7.89. The Labute approximate surface area is 146 Å². The number of methoxy groups -OCH3 is 1. The Bertz CT molecular complexity index is 870. The smallest absolute Gasteiger partial charge is 0.255 e. The van der Waals surface area contributed by atoms with Crippen LogP contribution in [0.3, 0.4) is 0 Å². The molecule has 25 heavy (non-hydrogen) atoms. The van der Waals surface area contributed by atoms with E-state index < -0.39 is 10.0 Å². The minimum Gasteiger partial charge on any atom is -0.383 e. The molecule has 8 heteroatoms. The van der Waals surface area contributed by atoms with E-state index >= 15 is 0 Å². The summed E-state index contributed by atoms with van der Waals surface area (Å²) in [7, 11) is -2.15. The molecule has 0 aliphatic heterocycles. The predicted molar refractivity (Wildman–Crippen MR) is 92.6 cm³/mol. The lowest BCUT2D eigenvalue weighted by Crippen LogP contribution is -2.27. The number of hydrogen-bond acceptors (Lipinski definition) is 5. The Morgan fingerprint density at radius 3 is 2.32 bits per heavy atom. The van der Waals surface area contributed by atoms with Gasteiger partial charge in [0.2, 0.25) is 10.0 Å². The van der Waals surface area contributed by atoms with E-state index in [1.165, 1.54) is 31.4 Å². The van der Waals surface area contributed by atoms with Crippen molar-refractivity contribution in [2.24, 2.45) is 0 Å². The number of ether oxygens (including phenoxy) is 1. The van der Waals surface area contributed by atoms with Crippen LogP contribution in [0.5, 0.6) is 0 Å². The summed E-state index contributed by atoms with van der Waals surface area (Å²) in [5.74, 6) is -0.374. The zero-order valence-corrected chi connectivity index (χ0v) is 14.3. The first-order valence-electron chi connectivity index (χ1n) is 7.36. The molecule has 0 saturated heterocycles. The molecule has 2 aromatic carbocycles. The van der Waals surface area contributed by atoms with Gasteiger partial charge in [0.15, 0.2) is 0 Å². The number of rotatable bonds is 7. The van der Waals surface area contributed by atoms with Crippen LogP contribution in [0, 0.1) is 11.3 Å². The average Bonchev–Trinajstić information content (AvgIpc) is 2.62. The molecule has 2 aromatic rings. The highest BCUT2D eigenvalue weighted by Gasteiger charge is 2.14. The Balaban J connectivity index is 2.05. The van der Waals surface area contributed by atoms with Gasteiger partial charge in [0.05, 0.1) is 23.1 Å². The van der Waals surface area contributed by atoms with Crippen molar-refractivity contribution in [3.63, 3.8) is 0 Å². The fourth-order valence-corrected chi connectivity index (χ4v) is 2.99. The quantitative estimate of drug-likeness (QED) is 0.732. The molecule has 130 valence electrons. The van der Waals surface area contributed by atoms with Crippen molar-refractivity contribution in [2.45, 2.75) is 4.90 Å². The SMILES string of the molecule is COCCNS(=O)(=O)c1ccc(C(=O)Nc2ccc(C#N)cc2)cc1. The highest BCUT2D eigenvalue weighted by atomic mass is 32.2. The van der Waals surface area contributed by atoms with E-state index in [0.29, 0.717) is 16.8 Å². The minimum atomic E-state index is -3.63. The van der Waals surface area contributed by atoms with Crippen LogP contribution in [-0.2, 0) is 14.8 Å². The predicted octanol–water partition coefficient (Wildman–Crippen LogP) is 1.74. The molecule has 0 saturated carbocycles. The first kappa shape index (κ1) is 18.6. The fourth-order valence-electron chi connectivity index (χ4n) is 1.98. The number of nitriles is 1. The van der Waals surface area contributed by atoms with Crippen molar-refractivity contribution in [3.05, 3.63) is 59.7 Å². The van der Waals surface area contributed by atoms with Crippen LogP contribution in [0.2, 0.25) is 0 Å². The first-order valence-corrected chi connectivity index (χ1v) is 8.85. The van der Waals surface area contributed by atoms with Crippen LogP contribution in [0.1, 0.15) is 15.9 Å². The summed E-state index contributed by atoms with van der Waals surface area (Å²) in [5, 5.41) is 11.4. The van der Waals surface area contributed by atoms with Gasteiger partial charge in [-0.05, 0) is 48.5 Å². The molecule has 0 atom stereocenters. The largest absolute Gasteiger partial charge is 0.383 e. The lowest BCUT2D eigenvalue weighted by molar-refractivity contribution is 0.102. The number of carbonyl (C=O) groups is 1. The topological polar surface area (TPSA) is 108 Å². The normalized spacial score (nSPS) is 10.9. The summed E-state index contributed by atoms with van der Waals surface area (Å²) in [5.41, 5.74) is 1.36. The van der Waals surface area contributed by atoms with Crippen LogP contribution in [0.25, 0.3) is 0 Å². The maximum Gasteiger partial charge on any atom is 0.255 e. The summed E-state index contributed by atoms with van der Waals surface area (Å²) in [6.07, 6.45) is 0. The van der Waals surface area contributed by atoms with Gasteiger partial charge in [0.1, 0.15) is 0 Å².